The second-order valence-electron chi connectivity index (χ2n) is 3.16. The molecule has 1 N–H and O–H groups in total. The third-order valence-electron chi connectivity index (χ3n) is 2.12. The van der Waals surface area contributed by atoms with Gasteiger partial charge in [0.25, 0.3) is 11.4 Å². The summed E-state index contributed by atoms with van der Waals surface area (Å²) in [6, 6.07) is 0. The van der Waals surface area contributed by atoms with Crippen LogP contribution in [0.4, 0.5) is 0 Å². The maximum Gasteiger partial charge on any atom is 0.254 e. The van der Waals surface area contributed by atoms with Crippen molar-refractivity contribution in [1.82, 2.24) is 0 Å². The number of hydrogen-bond donors (Lipinski definition) is 1. The molecule has 0 saturated carbocycles. The third kappa shape index (κ3) is 1.71. The van der Waals surface area contributed by atoms with Gasteiger partial charge in [-0.1, -0.05) is 18.8 Å². The smallest absolute Gasteiger partial charge is 0.254 e. The number of rotatable bonds is 3. The van der Waals surface area contributed by atoms with E-state index in [9.17, 15) is 9.90 Å². The van der Waals surface area contributed by atoms with E-state index >= 15 is 0 Å². The number of aliphatic hydroxyl groups is 1. The Hall–Kier alpha value is -1.47. The molecule has 4 heteroatoms. The number of ketones is 1. The fraction of sp³-hybridized carbons (Fsp3) is 0.545. The zero-order valence-corrected chi connectivity index (χ0v) is 9.09. The van der Waals surface area contributed by atoms with Crippen LogP contribution in [0.1, 0.15) is 19.8 Å². The largest absolute Gasteiger partial charge is 0.493 e. The first-order valence-corrected chi connectivity index (χ1v) is 4.71. The molecule has 0 saturated heterocycles. The fourth-order valence-corrected chi connectivity index (χ4v) is 1.33. The van der Waals surface area contributed by atoms with Crippen LogP contribution in [0.3, 0.4) is 0 Å². The molecule has 15 heavy (non-hydrogen) atoms. The van der Waals surface area contributed by atoms with Crippen molar-refractivity contribution in [2.45, 2.75) is 25.4 Å². The van der Waals surface area contributed by atoms with Gasteiger partial charge in [0.15, 0.2) is 5.76 Å². The lowest BCUT2D eigenvalue weighted by molar-refractivity contribution is -0.138. The summed E-state index contributed by atoms with van der Waals surface area (Å²) >= 11 is 0. The number of ether oxygens (including phenoxy) is 2. The van der Waals surface area contributed by atoms with Crippen LogP contribution in [0.2, 0.25) is 0 Å². The topological polar surface area (TPSA) is 55.8 Å². The van der Waals surface area contributed by atoms with Gasteiger partial charge in [0.05, 0.1) is 14.2 Å². The van der Waals surface area contributed by atoms with Gasteiger partial charge in [-0.15, -0.1) is 0 Å². The highest BCUT2D eigenvalue weighted by Crippen LogP contribution is 2.35. The number of Topliss-reactive ketones (excluding diaryl/α,β-unsaturated/α-hetero) is 1. The van der Waals surface area contributed by atoms with E-state index in [1.807, 2.05) is 6.92 Å². The van der Waals surface area contributed by atoms with E-state index in [1.54, 1.807) is 0 Å². The van der Waals surface area contributed by atoms with Crippen molar-refractivity contribution in [1.29, 1.82) is 0 Å². The molecular formula is C11H14O4. The van der Waals surface area contributed by atoms with Crippen molar-refractivity contribution in [3.05, 3.63) is 11.5 Å². The van der Waals surface area contributed by atoms with E-state index in [0.717, 1.165) is 6.42 Å². The number of unbranched alkanes of at least 4 members (excludes halogenated alkanes) is 1. The average Bonchev–Trinajstić information content (AvgIpc) is 2.24. The molecule has 1 aliphatic carbocycles. The maximum atomic E-state index is 11.5. The second kappa shape index (κ2) is 4.37. The molecule has 0 amide bonds. The van der Waals surface area contributed by atoms with Crippen molar-refractivity contribution in [2.75, 3.05) is 14.2 Å². The summed E-state index contributed by atoms with van der Waals surface area (Å²) < 4.78 is 9.67. The Balaban J connectivity index is 2.95. The number of methoxy groups -OCH3 is 2. The average molecular weight is 210 g/mol. The number of carbonyl (C=O) groups excluding carboxylic acids is 1. The van der Waals surface area contributed by atoms with Gasteiger partial charge in [0, 0.05) is 6.42 Å². The van der Waals surface area contributed by atoms with Gasteiger partial charge in [-0.2, -0.15) is 0 Å². The Morgan fingerprint density at radius 2 is 2.07 bits per heavy atom. The van der Waals surface area contributed by atoms with E-state index in [0.29, 0.717) is 6.42 Å². The fourth-order valence-electron chi connectivity index (χ4n) is 1.33. The van der Waals surface area contributed by atoms with Crippen LogP contribution in [0.25, 0.3) is 0 Å². The molecule has 0 heterocycles. The molecule has 1 atom stereocenters. The Bertz CT molecular complexity index is 359. The number of hydrogen-bond acceptors (Lipinski definition) is 4. The van der Waals surface area contributed by atoms with Crippen LogP contribution in [-0.4, -0.2) is 30.7 Å². The van der Waals surface area contributed by atoms with E-state index < -0.39 is 11.4 Å². The minimum absolute atomic E-state index is 0.0470. The molecule has 0 aliphatic heterocycles. The quantitative estimate of drug-likeness (QED) is 0.693. The predicted octanol–water partition coefficient (Wildman–Crippen LogP) is 0.608. The minimum atomic E-state index is -1.80. The first kappa shape index (κ1) is 11.6. The van der Waals surface area contributed by atoms with Crippen molar-refractivity contribution in [3.63, 3.8) is 0 Å². The molecule has 1 rings (SSSR count). The standard InChI is InChI=1S/C11H14O4/c1-4-5-6-7-11(13)9(12)8(14-2)10(11)15-3/h13H,4-5H2,1-3H3. The van der Waals surface area contributed by atoms with Crippen molar-refractivity contribution >= 4 is 5.78 Å². The van der Waals surface area contributed by atoms with E-state index in [-0.39, 0.29) is 11.5 Å². The molecule has 0 aromatic carbocycles. The minimum Gasteiger partial charge on any atom is -0.493 e. The molecule has 0 aromatic heterocycles. The van der Waals surface area contributed by atoms with Crippen LogP contribution in [-0.2, 0) is 14.3 Å². The molecule has 0 fully saturated rings. The van der Waals surface area contributed by atoms with Crippen LogP contribution in [0.5, 0.6) is 0 Å². The molecule has 0 radical (unpaired) electrons. The highest BCUT2D eigenvalue weighted by molar-refractivity contribution is 6.12. The molecule has 1 unspecified atom stereocenters. The maximum absolute atomic E-state index is 11.5. The first-order chi connectivity index (χ1) is 7.11. The first-order valence-electron chi connectivity index (χ1n) is 4.71. The predicted molar refractivity (Wildman–Crippen MR) is 53.7 cm³/mol. The second-order valence-corrected chi connectivity index (χ2v) is 3.16. The van der Waals surface area contributed by atoms with E-state index in [2.05, 4.69) is 11.8 Å². The lowest BCUT2D eigenvalue weighted by Crippen LogP contribution is -2.51. The summed E-state index contributed by atoms with van der Waals surface area (Å²) in [6.45, 7) is 1.97. The summed E-state index contributed by atoms with van der Waals surface area (Å²) in [5.41, 5.74) is -1.80. The highest BCUT2D eigenvalue weighted by Gasteiger charge is 2.55. The lowest BCUT2D eigenvalue weighted by atomic mass is 9.83. The van der Waals surface area contributed by atoms with Gasteiger partial charge in [-0.3, -0.25) is 4.79 Å². The summed E-state index contributed by atoms with van der Waals surface area (Å²) in [4.78, 5) is 11.5. The molecule has 0 bridgehead atoms. The van der Waals surface area contributed by atoms with Crippen molar-refractivity contribution < 1.29 is 19.4 Å². The molecule has 82 valence electrons. The Morgan fingerprint density at radius 1 is 1.40 bits per heavy atom. The summed E-state index contributed by atoms with van der Waals surface area (Å²) in [5.74, 6) is 4.84. The van der Waals surface area contributed by atoms with Crippen molar-refractivity contribution in [2.24, 2.45) is 0 Å². The molecular weight excluding hydrogens is 196 g/mol. The van der Waals surface area contributed by atoms with Crippen molar-refractivity contribution in [3.8, 4) is 11.8 Å². The summed E-state index contributed by atoms with van der Waals surface area (Å²) in [6.07, 6.45) is 1.51. The monoisotopic (exact) mass is 210 g/mol. The zero-order valence-electron chi connectivity index (χ0n) is 9.09. The van der Waals surface area contributed by atoms with Gasteiger partial charge in [-0.05, 0) is 6.42 Å². The normalized spacial score (nSPS) is 24.1. The van der Waals surface area contributed by atoms with E-state index in [4.69, 9.17) is 9.47 Å². The molecule has 0 aromatic rings. The summed E-state index contributed by atoms with van der Waals surface area (Å²) in [7, 11) is 2.72. The SMILES string of the molecule is CCCC#CC1(O)C(=O)C(OC)=C1OC. The van der Waals surface area contributed by atoms with Gasteiger partial charge >= 0.3 is 0 Å². The Labute approximate surface area is 88.9 Å². The third-order valence-corrected chi connectivity index (χ3v) is 2.12. The van der Waals surface area contributed by atoms with Crippen LogP contribution in [0.15, 0.2) is 11.5 Å². The Morgan fingerprint density at radius 3 is 2.53 bits per heavy atom. The van der Waals surface area contributed by atoms with Gasteiger partial charge in [0.1, 0.15) is 0 Å². The highest BCUT2D eigenvalue weighted by atomic mass is 16.5. The molecule has 1 aliphatic rings. The Kier molecular flexibility index (Phi) is 3.38. The van der Waals surface area contributed by atoms with Crippen LogP contribution in [0, 0.1) is 11.8 Å². The number of carbonyl (C=O) groups is 1. The van der Waals surface area contributed by atoms with Gasteiger partial charge in [-0.25, -0.2) is 0 Å². The molecule has 0 spiro atoms. The van der Waals surface area contributed by atoms with Crippen LogP contribution < -0.4 is 0 Å². The zero-order chi connectivity index (χ0) is 11.5. The van der Waals surface area contributed by atoms with E-state index in [1.165, 1.54) is 14.2 Å². The molecule has 4 nitrogen and oxygen atoms in total. The van der Waals surface area contributed by atoms with Gasteiger partial charge in [0.2, 0.25) is 5.76 Å². The summed E-state index contributed by atoms with van der Waals surface area (Å²) in [5, 5.41) is 9.88. The van der Waals surface area contributed by atoms with Crippen LogP contribution >= 0.6 is 0 Å². The lowest BCUT2D eigenvalue weighted by Gasteiger charge is -2.32. The van der Waals surface area contributed by atoms with Gasteiger partial charge < -0.3 is 14.6 Å².